The van der Waals surface area contributed by atoms with Crippen LogP contribution in [-0.2, 0) is 11.2 Å². The summed E-state index contributed by atoms with van der Waals surface area (Å²) in [5, 5.41) is 11.5. The van der Waals surface area contributed by atoms with E-state index in [-0.39, 0.29) is 11.2 Å². The summed E-state index contributed by atoms with van der Waals surface area (Å²) in [7, 11) is 0. The van der Waals surface area contributed by atoms with Gasteiger partial charge in [-0.05, 0) is 25.3 Å². The van der Waals surface area contributed by atoms with Gasteiger partial charge in [0.15, 0.2) is 0 Å². The summed E-state index contributed by atoms with van der Waals surface area (Å²) in [5.41, 5.74) is 1.13. The van der Waals surface area contributed by atoms with Crippen molar-refractivity contribution in [3.8, 4) is 0 Å². The Balaban J connectivity index is 1.51. The number of rotatable bonds is 6. The molecule has 1 aliphatic rings. The largest absolute Gasteiger partial charge is 0.416 e. The summed E-state index contributed by atoms with van der Waals surface area (Å²) in [6.45, 7) is 1.88. The first-order valence-electron chi connectivity index (χ1n) is 8.54. The van der Waals surface area contributed by atoms with E-state index in [1.807, 2.05) is 37.3 Å². The Labute approximate surface area is 146 Å². The molecule has 1 N–H and O–H groups in total. The second kappa shape index (κ2) is 8.33. The molecule has 1 aliphatic carbocycles. The number of aromatic nitrogens is 2. The molecule has 24 heavy (non-hydrogen) atoms. The molecule has 0 bridgehead atoms. The van der Waals surface area contributed by atoms with Gasteiger partial charge in [-0.2, -0.15) is 0 Å². The Morgan fingerprint density at radius 2 is 2.00 bits per heavy atom. The molecule has 0 aliphatic heterocycles. The third-order valence-electron chi connectivity index (χ3n) is 4.24. The molecule has 1 amide bonds. The second-order valence-corrected chi connectivity index (χ2v) is 7.52. The van der Waals surface area contributed by atoms with E-state index in [9.17, 15) is 4.79 Å². The van der Waals surface area contributed by atoms with Crippen LogP contribution >= 0.6 is 11.8 Å². The standard InChI is InChI=1S/C18H23N3O2S/c1-13(17(22)19-15-10-6-3-7-11-15)24-18-21-20-16(23-18)12-14-8-4-2-5-9-14/h2,4-5,8-9,13,15H,3,6-7,10-12H2,1H3,(H,19,22)/t13-/m1/s1. The topological polar surface area (TPSA) is 68.0 Å². The van der Waals surface area contributed by atoms with Crippen molar-refractivity contribution in [3.05, 3.63) is 41.8 Å². The van der Waals surface area contributed by atoms with Crippen LogP contribution in [0.2, 0.25) is 0 Å². The molecule has 1 saturated carbocycles. The molecule has 2 aromatic rings. The lowest BCUT2D eigenvalue weighted by molar-refractivity contribution is -0.121. The van der Waals surface area contributed by atoms with E-state index in [4.69, 9.17) is 4.42 Å². The Hall–Kier alpha value is -1.82. The molecule has 1 fully saturated rings. The minimum Gasteiger partial charge on any atom is -0.416 e. The molecule has 0 radical (unpaired) electrons. The van der Waals surface area contributed by atoms with Crippen LogP contribution in [0.4, 0.5) is 0 Å². The molecular formula is C18H23N3O2S. The summed E-state index contributed by atoms with van der Waals surface area (Å²) in [4.78, 5) is 12.3. The van der Waals surface area contributed by atoms with Gasteiger partial charge < -0.3 is 9.73 Å². The summed E-state index contributed by atoms with van der Waals surface area (Å²) in [6, 6.07) is 10.3. The van der Waals surface area contributed by atoms with Gasteiger partial charge in [0.05, 0.1) is 11.7 Å². The van der Waals surface area contributed by atoms with Gasteiger partial charge in [-0.15, -0.1) is 10.2 Å². The number of carbonyl (C=O) groups excluding carboxylic acids is 1. The van der Waals surface area contributed by atoms with Crippen LogP contribution in [0, 0.1) is 0 Å². The number of benzene rings is 1. The van der Waals surface area contributed by atoms with E-state index in [0.717, 1.165) is 18.4 Å². The number of amides is 1. The predicted octanol–water partition coefficient (Wildman–Crippen LogP) is 3.59. The molecule has 0 saturated heterocycles. The van der Waals surface area contributed by atoms with Crippen molar-refractivity contribution < 1.29 is 9.21 Å². The smallest absolute Gasteiger partial charge is 0.277 e. The van der Waals surface area contributed by atoms with Crippen molar-refractivity contribution in [1.82, 2.24) is 15.5 Å². The monoisotopic (exact) mass is 345 g/mol. The molecule has 0 spiro atoms. The van der Waals surface area contributed by atoms with Crippen molar-refractivity contribution in [2.45, 2.75) is 62.0 Å². The first kappa shape index (κ1) is 17.0. The molecule has 5 nitrogen and oxygen atoms in total. The maximum Gasteiger partial charge on any atom is 0.277 e. The molecule has 128 valence electrons. The zero-order valence-electron chi connectivity index (χ0n) is 13.9. The fraction of sp³-hybridized carbons (Fsp3) is 0.500. The fourth-order valence-corrected chi connectivity index (χ4v) is 3.61. The lowest BCUT2D eigenvalue weighted by Crippen LogP contribution is -2.40. The zero-order valence-corrected chi connectivity index (χ0v) is 14.7. The number of hydrogen-bond donors (Lipinski definition) is 1. The average molecular weight is 345 g/mol. The molecule has 0 unspecified atom stereocenters. The zero-order chi connectivity index (χ0) is 16.8. The highest BCUT2D eigenvalue weighted by atomic mass is 32.2. The van der Waals surface area contributed by atoms with Gasteiger partial charge in [-0.25, -0.2) is 0 Å². The Bertz CT molecular complexity index is 653. The molecule has 1 aromatic heterocycles. The number of nitrogens with one attached hydrogen (secondary N) is 1. The molecule has 1 atom stereocenters. The summed E-state index contributed by atoms with van der Waals surface area (Å²) in [6.07, 6.45) is 6.48. The molecule has 1 aromatic carbocycles. The minimum atomic E-state index is -0.239. The average Bonchev–Trinajstić information content (AvgIpc) is 3.03. The van der Waals surface area contributed by atoms with E-state index in [0.29, 0.717) is 23.6 Å². The first-order chi connectivity index (χ1) is 11.7. The van der Waals surface area contributed by atoms with Gasteiger partial charge in [0.1, 0.15) is 0 Å². The predicted molar refractivity (Wildman–Crippen MR) is 93.9 cm³/mol. The van der Waals surface area contributed by atoms with E-state index in [1.54, 1.807) is 0 Å². The third-order valence-corrected chi connectivity index (χ3v) is 5.18. The maximum absolute atomic E-state index is 12.3. The van der Waals surface area contributed by atoms with Crippen LogP contribution in [0.25, 0.3) is 0 Å². The minimum absolute atomic E-state index is 0.0507. The van der Waals surface area contributed by atoms with Gasteiger partial charge in [-0.3, -0.25) is 4.79 Å². The van der Waals surface area contributed by atoms with Crippen molar-refractivity contribution in [2.24, 2.45) is 0 Å². The lowest BCUT2D eigenvalue weighted by atomic mass is 9.95. The number of thioether (sulfide) groups is 1. The van der Waals surface area contributed by atoms with E-state index in [2.05, 4.69) is 15.5 Å². The summed E-state index contributed by atoms with van der Waals surface area (Å²) in [5.74, 6) is 0.623. The van der Waals surface area contributed by atoms with Gasteiger partial charge in [0.25, 0.3) is 5.22 Å². The quantitative estimate of drug-likeness (QED) is 0.810. The first-order valence-corrected chi connectivity index (χ1v) is 9.42. The van der Waals surface area contributed by atoms with Gasteiger partial charge in [-0.1, -0.05) is 61.4 Å². The van der Waals surface area contributed by atoms with Crippen molar-refractivity contribution >= 4 is 17.7 Å². The number of nitrogens with zero attached hydrogens (tertiary/aromatic N) is 2. The summed E-state index contributed by atoms with van der Waals surface area (Å²) < 4.78 is 5.66. The number of carbonyl (C=O) groups is 1. The fourth-order valence-electron chi connectivity index (χ4n) is 2.90. The van der Waals surface area contributed by atoms with Crippen molar-refractivity contribution in [3.63, 3.8) is 0 Å². The van der Waals surface area contributed by atoms with E-state index >= 15 is 0 Å². The van der Waals surface area contributed by atoms with E-state index < -0.39 is 0 Å². The van der Waals surface area contributed by atoms with Crippen LogP contribution < -0.4 is 5.32 Å². The summed E-state index contributed by atoms with van der Waals surface area (Å²) >= 11 is 1.32. The van der Waals surface area contributed by atoms with Crippen molar-refractivity contribution in [2.75, 3.05) is 0 Å². The Morgan fingerprint density at radius 1 is 1.25 bits per heavy atom. The molecule has 6 heteroatoms. The third kappa shape index (κ3) is 4.84. The molecule has 3 rings (SSSR count). The SMILES string of the molecule is C[C@@H](Sc1nnc(Cc2ccccc2)o1)C(=O)NC1CCCCC1. The highest BCUT2D eigenvalue weighted by molar-refractivity contribution is 8.00. The lowest BCUT2D eigenvalue weighted by Gasteiger charge is -2.23. The van der Waals surface area contributed by atoms with Gasteiger partial charge in [0.2, 0.25) is 11.8 Å². The Kier molecular flexibility index (Phi) is 5.91. The number of hydrogen-bond acceptors (Lipinski definition) is 5. The van der Waals surface area contributed by atoms with Crippen LogP contribution in [-0.4, -0.2) is 27.4 Å². The van der Waals surface area contributed by atoms with Gasteiger partial charge >= 0.3 is 0 Å². The van der Waals surface area contributed by atoms with Crippen LogP contribution in [0.1, 0.15) is 50.5 Å². The van der Waals surface area contributed by atoms with Crippen molar-refractivity contribution in [1.29, 1.82) is 0 Å². The van der Waals surface area contributed by atoms with Crippen LogP contribution in [0.5, 0.6) is 0 Å². The van der Waals surface area contributed by atoms with Gasteiger partial charge in [0, 0.05) is 6.04 Å². The molecular weight excluding hydrogens is 322 g/mol. The highest BCUT2D eigenvalue weighted by Crippen LogP contribution is 2.24. The van der Waals surface area contributed by atoms with Crippen LogP contribution in [0.15, 0.2) is 40.0 Å². The Morgan fingerprint density at radius 3 is 2.75 bits per heavy atom. The second-order valence-electron chi connectivity index (χ2n) is 6.23. The van der Waals surface area contributed by atoms with E-state index in [1.165, 1.54) is 31.0 Å². The normalized spacial score (nSPS) is 16.7. The maximum atomic E-state index is 12.3. The van der Waals surface area contributed by atoms with Crippen LogP contribution in [0.3, 0.4) is 0 Å². The highest BCUT2D eigenvalue weighted by Gasteiger charge is 2.22. The molecule has 1 heterocycles.